The lowest BCUT2D eigenvalue weighted by Crippen LogP contribution is -2.47. The van der Waals surface area contributed by atoms with Gasteiger partial charge in [0.2, 0.25) is 5.91 Å². The van der Waals surface area contributed by atoms with Crippen LogP contribution in [0.4, 0.5) is 0 Å². The summed E-state index contributed by atoms with van der Waals surface area (Å²) in [7, 11) is 0. The zero-order valence-corrected chi connectivity index (χ0v) is 15.1. The number of phenols is 2. The number of rotatable bonds is 4. The standard InChI is InChI=1S/C20H21ClN2O3/c21-17-5-1-15(2-6-17)14-22-9-11-23(12-10-22)20(26)8-4-16-3-7-18(24)13-19(16)25/h1-8,13,24-25H,9-12,14H2/b8-4+. The highest BCUT2D eigenvalue weighted by Crippen LogP contribution is 2.23. The number of carbonyl (C=O) groups is 1. The first kappa shape index (κ1) is 18.3. The minimum absolute atomic E-state index is 0.0113. The van der Waals surface area contributed by atoms with Crippen LogP contribution in [0.25, 0.3) is 6.08 Å². The van der Waals surface area contributed by atoms with E-state index in [-0.39, 0.29) is 17.4 Å². The van der Waals surface area contributed by atoms with Gasteiger partial charge in [-0.3, -0.25) is 9.69 Å². The van der Waals surface area contributed by atoms with Crippen molar-refractivity contribution in [2.45, 2.75) is 6.54 Å². The van der Waals surface area contributed by atoms with E-state index in [9.17, 15) is 15.0 Å². The van der Waals surface area contributed by atoms with Gasteiger partial charge in [-0.15, -0.1) is 0 Å². The van der Waals surface area contributed by atoms with Crippen LogP contribution in [-0.4, -0.2) is 52.1 Å². The normalized spacial score (nSPS) is 15.5. The number of benzene rings is 2. The number of hydrogen-bond donors (Lipinski definition) is 2. The fourth-order valence-electron chi connectivity index (χ4n) is 2.91. The summed E-state index contributed by atoms with van der Waals surface area (Å²) in [6.07, 6.45) is 3.03. The number of halogens is 1. The van der Waals surface area contributed by atoms with E-state index >= 15 is 0 Å². The number of phenolic OH excluding ortho intramolecular Hbond substituents is 2. The average molecular weight is 373 g/mol. The van der Waals surface area contributed by atoms with E-state index in [2.05, 4.69) is 4.90 Å². The molecule has 26 heavy (non-hydrogen) atoms. The Bertz CT molecular complexity index is 797. The molecule has 136 valence electrons. The van der Waals surface area contributed by atoms with Gasteiger partial charge in [0, 0.05) is 55.5 Å². The molecule has 1 aliphatic rings. The number of aromatic hydroxyl groups is 2. The smallest absolute Gasteiger partial charge is 0.246 e. The van der Waals surface area contributed by atoms with Crippen molar-refractivity contribution in [3.8, 4) is 11.5 Å². The summed E-state index contributed by atoms with van der Waals surface area (Å²) in [5.74, 6) is -0.145. The zero-order valence-electron chi connectivity index (χ0n) is 14.3. The SMILES string of the molecule is O=C(/C=C/c1ccc(O)cc1O)N1CCN(Cc2ccc(Cl)cc2)CC1. The van der Waals surface area contributed by atoms with E-state index in [1.54, 1.807) is 17.0 Å². The molecule has 2 N–H and O–H groups in total. The third kappa shape index (κ3) is 4.77. The molecule has 2 aromatic carbocycles. The maximum absolute atomic E-state index is 12.3. The van der Waals surface area contributed by atoms with Crippen LogP contribution in [-0.2, 0) is 11.3 Å². The second-order valence-corrected chi connectivity index (χ2v) is 6.74. The van der Waals surface area contributed by atoms with Crippen molar-refractivity contribution < 1.29 is 15.0 Å². The Morgan fingerprint density at radius 2 is 1.73 bits per heavy atom. The van der Waals surface area contributed by atoms with Crippen molar-refractivity contribution >= 4 is 23.6 Å². The van der Waals surface area contributed by atoms with E-state index in [1.807, 2.05) is 24.3 Å². The molecule has 1 saturated heterocycles. The Morgan fingerprint density at radius 3 is 2.38 bits per heavy atom. The van der Waals surface area contributed by atoms with E-state index in [0.717, 1.165) is 24.7 Å². The first-order valence-electron chi connectivity index (χ1n) is 8.47. The van der Waals surface area contributed by atoms with Crippen molar-refractivity contribution in [2.75, 3.05) is 26.2 Å². The monoisotopic (exact) mass is 372 g/mol. The third-order valence-corrected chi connectivity index (χ3v) is 4.67. The molecule has 0 radical (unpaired) electrons. The molecule has 0 atom stereocenters. The van der Waals surface area contributed by atoms with E-state index in [1.165, 1.54) is 23.8 Å². The molecule has 1 amide bonds. The molecular weight excluding hydrogens is 352 g/mol. The molecule has 1 aliphatic heterocycles. The van der Waals surface area contributed by atoms with E-state index < -0.39 is 0 Å². The van der Waals surface area contributed by atoms with Gasteiger partial charge < -0.3 is 15.1 Å². The van der Waals surface area contributed by atoms with Crippen LogP contribution in [0.5, 0.6) is 11.5 Å². The molecule has 1 heterocycles. The summed E-state index contributed by atoms with van der Waals surface area (Å²) in [6.45, 7) is 3.80. The molecule has 2 aromatic rings. The van der Waals surface area contributed by atoms with Crippen LogP contribution in [0.1, 0.15) is 11.1 Å². The number of amides is 1. The Kier molecular flexibility index (Phi) is 5.81. The molecular formula is C20H21ClN2O3. The fraction of sp³-hybridized carbons (Fsp3) is 0.250. The highest BCUT2D eigenvalue weighted by Gasteiger charge is 2.19. The molecule has 0 aliphatic carbocycles. The van der Waals surface area contributed by atoms with Gasteiger partial charge in [-0.1, -0.05) is 23.7 Å². The predicted octanol–water partition coefficient (Wildman–Crippen LogP) is 3.11. The second-order valence-electron chi connectivity index (χ2n) is 6.30. The van der Waals surface area contributed by atoms with Crippen molar-refractivity contribution in [3.63, 3.8) is 0 Å². The molecule has 3 rings (SSSR count). The van der Waals surface area contributed by atoms with Crippen LogP contribution in [0, 0.1) is 0 Å². The van der Waals surface area contributed by atoms with Crippen LogP contribution < -0.4 is 0 Å². The van der Waals surface area contributed by atoms with Gasteiger partial charge in [-0.25, -0.2) is 0 Å². The van der Waals surface area contributed by atoms with E-state index in [4.69, 9.17) is 11.6 Å². The van der Waals surface area contributed by atoms with Gasteiger partial charge in [-0.05, 0) is 35.9 Å². The molecule has 0 aromatic heterocycles. The topological polar surface area (TPSA) is 64.0 Å². The van der Waals surface area contributed by atoms with Crippen molar-refractivity contribution in [1.29, 1.82) is 0 Å². The average Bonchev–Trinajstić information content (AvgIpc) is 2.63. The largest absolute Gasteiger partial charge is 0.508 e. The number of piperazine rings is 1. The third-order valence-electron chi connectivity index (χ3n) is 4.42. The quantitative estimate of drug-likeness (QED) is 0.809. The molecule has 1 fully saturated rings. The van der Waals surface area contributed by atoms with Gasteiger partial charge in [0.15, 0.2) is 0 Å². The number of hydrogen-bond acceptors (Lipinski definition) is 4. The highest BCUT2D eigenvalue weighted by atomic mass is 35.5. The first-order valence-corrected chi connectivity index (χ1v) is 8.85. The molecule has 5 nitrogen and oxygen atoms in total. The molecule has 0 unspecified atom stereocenters. The van der Waals surface area contributed by atoms with Gasteiger partial charge in [-0.2, -0.15) is 0 Å². The Hall–Kier alpha value is -2.50. The lowest BCUT2D eigenvalue weighted by molar-refractivity contribution is -0.127. The predicted molar refractivity (Wildman–Crippen MR) is 102 cm³/mol. The van der Waals surface area contributed by atoms with Crippen molar-refractivity contribution in [1.82, 2.24) is 9.80 Å². The molecule has 0 saturated carbocycles. The minimum Gasteiger partial charge on any atom is -0.508 e. The van der Waals surface area contributed by atoms with Crippen molar-refractivity contribution in [3.05, 3.63) is 64.7 Å². The maximum atomic E-state index is 12.3. The van der Waals surface area contributed by atoms with Crippen LogP contribution in [0.15, 0.2) is 48.5 Å². The van der Waals surface area contributed by atoms with Crippen LogP contribution in [0.2, 0.25) is 5.02 Å². The molecule has 6 heteroatoms. The lowest BCUT2D eigenvalue weighted by atomic mass is 10.1. The van der Waals surface area contributed by atoms with Gasteiger partial charge in [0.1, 0.15) is 11.5 Å². The number of nitrogens with zero attached hydrogens (tertiary/aromatic N) is 2. The van der Waals surface area contributed by atoms with Crippen molar-refractivity contribution in [2.24, 2.45) is 0 Å². The first-order chi connectivity index (χ1) is 12.5. The lowest BCUT2D eigenvalue weighted by Gasteiger charge is -2.34. The Balaban J connectivity index is 1.51. The summed E-state index contributed by atoms with van der Waals surface area (Å²) in [6, 6.07) is 12.1. The summed E-state index contributed by atoms with van der Waals surface area (Å²) in [4.78, 5) is 16.4. The van der Waals surface area contributed by atoms with Gasteiger partial charge >= 0.3 is 0 Å². The zero-order chi connectivity index (χ0) is 18.5. The fourth-order valence-corrected chi connectivity index (χ4v) is 3.04. The van der Waals surface area contributed by atoms with Gasteiger partial charge in [0.25, 0.3) is 0 Å². The summed E-state index contributed by atoms with van der Waals surface area (Å²) in [5, 5.41) is 19.8. The second kappa shape index (κ2) is 8.25. The Labute approximate surface area is 157 Å². The highest BCUT2D eigenvalue weighted by molar-refractivity contribution is 6.30. The summed E-state index contributed by atoms with van der Waals surface area (Å²) in [5.41, 5.74) is 1.70. The van der Waals surface area contributed by atoms with E-state index in [0.29, 0.717) is 18.7 Å². The summed E-state index contributed by atoms with van der Waals surface area (Å²) < 4.78 is 0. The molecule has 0 spiro atoms. The summed E-state index contributed by atoms with van der Waals surface area (Å²) >= 11 is 5.91. The van der Waals surface area contributed by atoms with Crippen LogP contribution >= 0.6 is 11.6 Å². The maximum Gasteiger partial charge on any atom is 0.246 e. The van der Waals surface area contributed by atoms with Gasteiger partial charge in [0.05, 0.1) is 0 Å². The van der Waals surface area contributed by atoms with Crippen LogP contribution in [0.3, 0.4) is 0 Å². The minimum atomic E-state index is -0.0800. The molecule has 0 bridgehead atoms. The Morgan fingerprint density at radius 1 is 1.04 bits per heavy atom. The number of carbonyl (C=O) groups excluding carboxylic acids is 1.